The first-order chi connectivity index (χ1) is 14.5. The van der Waals surface area contributed by atoms with Crippen molar-refractivity contribution in [1.29, 1.82) is 0 Å². The van der Waals surface area contributed by atoms with Crippen molar-refractivity contribution >= 4 is 28.9 Å². The van der Waals surface area contributed by atoms with E-state index in [4.69, 9.17) is 9.15 Å². The summed E-state index contributed by atoms with van der Waals surface area (Å²) in [5.41, 5.74) is 2.66. The average Bonchev–Trinajstić information content (AvgIpc) is 3.28. The number of oxazole rings is 1. The first-order valence-electron chi connectivity index (χ1n) is 9.29. The van der Waals surface area contributed by atoms with Gasteiger partial charge >= 0.3 is 5.97 Å². The zero-order valence-electron chi connectivity index (χ0n) is 16.1. The van der Waals surface area contributed by atoms with Gasteiger partial charge in [-0.3, -0.25) is 14.9 Å². The van der Waals surface area contributed by atoms with Crippen LogP contribution in [0, 0.1) is 6.92 Å². The fourth-order valence-electron chi connectivity index (χ4n) is 3.00. The smallest absolute Gasteiger partial charge is 0.338 e. The first-order valence-corrected chi connectivity index (χ1v) is 10.2. The van der Waals surface area contributed by atoms with Crippen LogP contribution in [-0.4, -0.2) is 27.3 Å². The molecule has 1 N–H and O–H groups in total. The number of amides is 2. The highest BCUT2D eigenvalue weighted by atomic mass is 32.2. The largest absolute Gasteiger partial charge is 0.455 e. The molecule has 1 atom stereocenters. The zero-order chi connectivity index (χ0) is 21.1. The van der Waals surface area contributed by atoms with Gasteiger partial charge < -0.3 is 9.15 Å². The number of hydrogen-bond donors (Lipinski definition) is 1. The normalized spacial score (nSPS) is 15.8. The number of aromatic nitrogens is 1. The van der Waals surface area contributed by atoms with Crippen LogP contribution in [0.1, 0.15) is 27.4 Å². The summed E-state index contributed by atoms with van der Waals surface area (Å²) >= 11 is 0.979. The lowest BCUT2D eigenvalue weighted by molar-refractivity contribution is -0.118. The number of rotatable bonds is 6. The molecule has 0 saturated carbocycles. The van der Waals surface area contributed by atoms with Crippen LogP contribution in [0.2, 0.25) is 0 Å². The second kappa shape index (κ2) is 8.54. The Labute approximate surface area is 176 Å². The Morgan fingerprint density at radius 2 is 1.87 bits per heavy atom. The molecule has 4 rings (SSSR count). The summed E-state index contributed by atoms with van der Waals surface area (Å²) in [5, 5.41) is 1.49. The van der Waals surface area contributed by atoms with Gasteiger partial charge in [0.25, 0.3) is 5.24 Å². The molecule has 1 saturated heterocycles. The van der Waals surface area contributed by atoms with Gasteiger partial charge in [0.1, 0.15) is 18.1 Å². The van der Waals surface area contributed by atoms with Crippen LogP contribution in [0.4, 0.5) is 4.79 Å². The van der Waals surface area contributed by atoms with Gasteiger partial charge in [-0.1, -0.05) is 42.1 Å². The Hall–Kier alpha value is -3.39. The van der Waals surface area contributed by atoms with Gasteiger partial charge in [0.05, 0.1) is 10.8 Å². The molecular weight excluding hydrogens is 404 g/mol. The molecule has 0 radical (unpaired) electrons. The number of thioether (sulfide) groups is 1. The number of aryl methyl sites for hydroxylation is 1. The molecule has 0 aliphatic carbocycles. The molecule has 152 valence electrons. The molecule has 2 aromatic carbocycles. The van der Waals surface area contributed by atoms with Gasteiger partial charge in [0.15, 0.2) is 0 Å². The summed E-state index contributed by atoms with van der Waals surface area (Å²) in [6.45, 7) is 1.78. The molecule has 1 aliphatic heterocycles. The van der Waals surface area contributed by atoms with Crippen LogP contribution in [0.5, 0.6) is 0 Å². The van der Waals surface area contributed by atoms with Crippen molar-refractivity contribution in [3.05, 3.63) is 77.2 Å². The van der Waals surface area contributed by atoms with Crippen molar-refractivity contribution < 1.29 is 23.5 Å². The van der Waals surface area contributed by atoms with E-state index in [1.54, 1.807) is 31.2 Å². The number of nitrogens with one attached hydrogen (secondary N) is 1. The van der Waals surface area contributed by atoms with Crippen LogP contribution in [0.25, 0.3) is 11.5 Å². The molecule has 0 bridgehead atoms. The number of ether oxygens (including phenoxy) is 1. The van der Waals surface area contributed by atoms with E-state index >= 15 is 0 Å². The fourth-order valence-corrected chi connectivity index (χ4v) is 3.86. The lowest BCUT2D eigenvalue weighted by atomic mass is 10.1. The molecular formula is C22H18N2O5S. The third-order valence-corrected chi connectivity index (χ3v) is 5.61. The molecule has 2 amide bonds. The van der Waals surface area contributed by atoms with Crippen molar-refractivity contribution in [2.75, 3.05) is 0 Å². The van der Waals surface area contributed by atoms with Crippen LogP contribution in [-0.2, 0) is 22.6 Å². The lowest BCUT2D eigenvalue weighted by Crippen LogP contribution is -2.25. The van der Waals surface area contributed by atoms with Gasteiger partial charge in [-0.25, -0.2) is 9.78 Å². The number of hydrogen-bond acceptors (Lipinski definition) is 7. The summed E-state index contributed by atoms with van der Waals surface area (Å²) in [6.07, 6.45) is 0.415. The minimum atomic E-state index is -0.478. The molecule has 1 fully saturated rings. The van der Waals surface area contributed by atoms with Crippen molar-refractivity contribution in [2.24, 2.45) is 0 Å². The minimum Gasteiger partial charge on any atom is -0.455 e. The third kappa shape index (κ3) is 4.44. The number of benzene rings is 2. The first kappa shape index (κ1) is 19.9. The van der Waals surface area contributed by atoms with Gasteiger partial charge in [-0.05, 0) is 43.2 Å². The quantitative estimate of drug-likeness (QED) is 0.602. The lowest BCUT2D eigenvalue weighted by Gasteiger charge is -2.07. The second-order valence-corrected chi connectivity index (χ2v) is 7.92. The second-order valence-electron chi connectivity index (χ2n) is 6.75. The van der Waals surface area contributed by atoms with Crippen molar-refractivity contribution in [2.45, 2.75) is 25.2 Å². The van der Waals surface area contributed by atoms with Gasteiger partial charge in [0, 0.05) is 5.56 Å². The van der Waals surface area contributed by atoms with E-state index in [9.17, 15) is 14.4 Å². The zero-order valence-corrected chi connectivity index (χ0v) is 16.9. The van der Waals surface area contributed by atoms with E-state index in [0.717, 1.165) is 22.9 Å². The van der Waals surface area contributed by atoms with Crippen LogP contribution < -0.4 is 5.32 Å². The third-order valence-electron chi connectivity index (χ3n) is 4.63. The Morgan fingerprint density at radius 1 is 1.13 bits per heavy atom. The fraction of sp³-hybridized carbons (Fsp3) is 0.182. The predicted molar refractivity (Wildman–Crippen MR) is 111 cm³/mol. The number of carbonyl (C=O) groups is 3. The summed E-state index contributed by atoms with van der Waals surface area (Å²) < 4.78 is 11.0. The van der Waals surface area contributed by atoms with Crippen LogP contribution in [0.3, 0.4) is 0 Å². The Balaban J connectivity index is 1.36. The van der Waals surface area contributed by atoms with E-state index in [2.05, 4.69) is 10.3 Å². The van der Waals surface area contributed by atoms with Crippen molar-refractivity contribution in [3.63, 3.8) is 0 Å². The highest BCUT2D eigenvalue weighted by Crippen LogP contribution is 2.24. The van der Waals surface area contributed by atoms with Crippen LogP contribution in [0.15, 0.2) is 59.0 Å². The Kier molecular flexibility index (Phi) is 5.67. The maximum atomic E-state index is 12.4. The number of imide groups is 1. The maximum Gasteiger partial charge on any atom is 0.338 e. The molecule has 2 heterocycles. The minimum absolute atomic E-state index is 0.00372. The van der Waals surface area contributed by atoms with Crippen LogP contribution >= 0.6 is 11.8 Å². The Morgan fingerprint density at radius 3 is 2.53 bits per heavy atom. The maximum absolute atomic E-state index is 12.4. The SMILES string of the molecule is Cc1oc(-c2ccccc2)nc1COC(=O)c1ccc(CC2SC(=O)NC2=O)cc1. The van der Waals surface area contributed by atoms with Crippen molar-refractivity contribution in [1.82, 2.24) is 10.3 Å². The van der Waals surface area contributed by atoms with E-state index in [0.29, 0.717) is 29.3 Å². The monoisotopic (exact) mass is 422 g/mol. The molecule has 0 spiro atoms. The van der Waals surface area contributed by atoms with Gasteiger partial charge in [0.2, 0.25) is 11.8 Å². The molecule has 1 unspecified atom stereocenters. The highest BCUT2D eigenvalue weighted by Gasteiger charge is 2.31. The molecule has 3 aromatic rings. The summed E-state index contributed by atoms with van der Waals surface area (Å²) in [4.78, 5) is 39.7. The van der Waals surface area contributed by atoms with E-state index < -0.39 is 11.2 Å². The van der Waals surface area contributed by atoms with Crippen molar-refractivity contribution in [3.8, 4) is 11.5 Å². The highest BCUT2D eigenvalue weighted by molar-refractivity contribution is 8.15. The summed E-state index contributed by atoms with van der Waals surface area (Å²) in [5.74, 6) is 0.314. The Bertz CT molecular complexity index is 1090. The summed E-state index contributed by atoms with van der Waals surface area (Å²) in [6, 6.07) is 16.3. The summed E-state index contributed by atoms with van der Waals surface area (Å²) in [7, 11) is 0. The predicted octanol–water partition coefficient (Wildman–Crippen LogP) is 3.90. The molecule has 1 aromatic heterocycles. The van der Waals surface area contributed by atoms with E-state index in [1.165, 1.54) is 0 Å². The number of carbonyl (C=O) groups excluding carboxylic acids is 3. The van der Waals surface area contributed by atoms with E-state index in [-0.39, 0.29) is 17.8 Å². The molecule has 8 heteroatoms. The molecule has 30 heavy (non-hydrogen) atoms. The molecule has 1 aliphatic rings. The molecule has 7 nitrogen and oxygen atoms in total. The van der Waals surface area contributed by atoms with Gasteiger partial charge in [-0.15, -0.1) is 0 Å². The average molecular weight is 422 g/mol. The topological polar surface area (TPSA) is 98.5 Å². The van der Waals surface area contributed by atoms with Gasteiger partial charge in [-0.2, -0.15) is 0 Å². The van der Waals surface area contributed by atoms with E-state index in [1.807, 2.05) is 30.3 Å². The number of nitrogens with zero attached hydrogens (tertiary/aromatic N) is 1. The number of esters is 1. The standard InChI is InChI=1S/C22H18N2O5S/c1-13-17(23-20(29-13)15-5-3-2-4-6-15)12-28-21(26)16-9-7-14(8-10-16)11-18-19(25)24-22(27)30-18/h2-10,18H,11-12H2,1H3,(H,24,25,27).